The number of allylic oxidation sites excluding steroid dienone is 1. The van der Waals surface area contributed by atoms with Gasteiger partial charge in [0.1, 0.15) is 11.6 Å². The van der Waals surface area contributed by atoms with E-state index in [0.717, 1.165) is 41.7 Å². The van der Waals surface area contributed by atoms with E-state index in [1.807, 2.05) is 6.08 Å². The van der Waals surface area contributed by atoms with Gasteiger partial charge in [-0.25, -0.2) is 13.8 Å². The molecular weight excluding hydrogens is 477 g/mol. The number of nitrogens with zero attached hydrogens (tertiary/aromatic N) is 2. The monoisotopic (exact) mass is 496 g/mol. The normalized spacial score (nSPS) is 20.9. The molecule has 34 heavy (non-hydrogen) atoms. The highest BCUT2D eigenvalue weighted by atomic mass is 35.5. The standard InChI is InChI=1S/C27H20Cl2F2N2O/c28-19-8-13-22(24(29)15-19)27(34)33-26(17-6-11-21(31)12-7-17)23-3-1-2-18(25(23)32-33)14-16-4-9-20(30)10-5-16/h4-15,23,26H,1-3H2/b18-14+/t23-,26-/m1/s1. The second-order valence-corrected chi connectivity index (χ2v) is 9.32. The van der Waals surface area contributed by atoms with Crippen molar-refractivity contribution >= 4 is 40.9 Å². The summed E-state index contributed by atoms with van der Waals surface area (Å²) in [6.45, 7) is 0. The van der Waals surface area contributed by atoms with Crippen LogP contribution in [0.1, 0.15) is 46.8 Å². The lowest BCUT2D eigenvalue weighted by atomic mass is 9.77. The second-order valence-electron chi connectivity index (χ2n) is 8.48. The smallest absolute Gasteiger partial charge is 0.267 e. The molecule has 0 bridgehead atoms. The summed E-state index contributed by atoms with van der Waals surface area (Å²) in [6.07, 6.45) is 4.54. The fraction of sp³-hybridized carbons (Fsp3) is 0.185. The molecule has 0 aromatic heterocycles. The van der Waals surface area contributed by atoms with Gasteiger partial charge in [-0.1, -0.05) is 47.5 Å². The number of benzene rings is 3. The summed E-state index contributed by atoms with van der Waals surface area (Å²) in [7, 11) is 0. The van der Waals surface area contributed by atoms with Crippen molar-refractivity contribution < 1.29 is 13.6 Å². The summed E-state index contributed by atoms with van der Waals surface area (Å²) in [5, 5.41) is 6.94. The summed E-state index contributed by atoms with van der Waals surface area (Å²) < 4.78 is 27.0. The minimum atomic E-state index is -0.397. The summed E-state index contributed by atoms with van der Waals surface area (Å²) >= 11 is 12.4. The molecule has 172 valence electrons. The van der Waals surface area contributed by atoms with Crippen molar-refractivity contribution in [2.45, 2.75) is 25.3 Å². The first-order chi connectivity index (χ1) is 16.4. The van der Waals surface area contributed by atoms with Crippen LogP contribution in [0.15, 0.2) is 77.4 Å². The van der Waals surface area contributed by atoms with Gasteiger partial charge >= 0.3 is 0 Å². The lowest BCUT2D eigenvalue weighted by Gasteiger charge is -2.29. The molecule has 0 radical (unpaired) electrons. The molecule has 5 rings (SSSR count). The molecule has 3 aromatic carbocycles. The Labute approximate surface area is 206 Å². The van der Waals surface area contributed by atoms with Crippen LogP contribution in [0.25, 0.3) is 6.08 Å². The number of rotatable bonds is 3. The largest absolute Gasteiger partial charge is 0.276 e. The van der Waals surface area contributed by atoms with E-state index in [-0.39, 0.29) is 28.5 Å². The van der Waals surface area contributed by atoms with E-state index in [1.54, 1.807) is 36.4 Å². The van der Waals surface area contributed by atoms with Gasteiger partial charge < -0.3 is 0 Å². The van der Waals surface area contributed by atoms with E-state index in [9.17, 15) is 13.6 Å². The summed E-state index contributed by atoms with van der Waals surface area (Å²) in [5.74, 6) is -1.04. The predicted octanol–water partition coefficient (Wildman–Crippen LogP) is 7.71. The van der Waals surface area contributed by atoms with Crippen molar-refractivity contribution in [3.63, 3.8) is 0 Å². The van der Waals surface area contributed by atoms with Crippen molar-refractivity contribution in [2.24, 2.45) is 11.0 Å². The van der Waals surface area contributed by atoms with Crippen LogP contribution >= 0.6 is 23.2 Å². The van der Waals surface area contributed by atoms with Gasteiger partial charge in [-0.05, 0) is 84.5 Å². The molecule has 0 saturated heterocycles. The molecule has 0 N–H and O–H groups in total. The van der Waals surface area contributed by atoms with Gasteiger partial charge in [0.25, 0.3) is 5.91 Å². The molecule has 3 aromatic rings. The molecule has 7 heteroatoms. The van der Waals surface area contributed by atoms with Crippen LogP contribution in [0, 0.1) is 17.6 Å². The number of hydrogen-bond donors (Lipinski definition) is 0. The van der Waals surface area contributed by atoms with Crippen LogP contribution in [0.3, 0.4) is 0 Å². The van der Waals surface area contributed by atoms with Gasteiger partial charge in [0.2, 0.25) is 0 Å². The van der Waals surface area contributed by atoms with Crippen LogP contribution in [0.2, 0.25) is 10.0 Å². The highest BCUT2D eigenvalue weighted by Crippen LogP contribution is 2.45. The average molecular weight is 497 g/mol. The molecule has 2 atom stereocenters. The number of carbonyl (C=O) groups excluding carboxylic acids is 1. The van der Waals surface area contributed by atoms with Crippen molar-refractivity contribution in [3.8, 4) is 0 Å². The number of fused-ring (bicyclic) bond motifs is 1. The maximum absolute atomic E-state index is 13.7. The van der Waals surface area contributed by atoms with Gasteiger partial charge in [0, 0.05) is 10.9 Å². The number of hydrogen-bond acceptors (Lipinski definition) is 2. The number of carbonyl (C=O) groups is 1. The molecule has 2 aliphatic rings. The van der Waals surface area contributed by atoms with Crippen molar-refractivity contribution in [1.29, 1.82) is 0 Å². The fourth-order valence-corrected chi connectivity index (χ4v) is 5.20. The first-order valence-electron chi connectivity index (χ1n) is 11.0. The molecule has 1 aliphatic carbocycles. The number of halogens is 4. The highest BCUT2D eigenvalue weighted by Gasteiger charge is 2.44. The Morgan fingerprint density at radius 3 is 2.32 bits per heavy atom. The Morgan fingerprint density at radius 2 is 1.65 bits per heavy atom. The van der Waals surface area contributed by atoms with Gasteiger partial charge in [0.15, 0.2) is 0 Å². The first kappa shape index (κ1) is 22.8. The van der Waals surface area contributed by atoms with Crippen LogP contribution in [-0.4, -0.2) is 16.6 Å². The predicted molar refractivity (Wildman–Crippen MR) is 131 cm³/mol. The van der Waals surface area contributed by atoms with Crippen molar-refractivity contribution in [3.05, 3.63) is 111 Å². The van der Waals surface area contributed by atoms with Crippen LogP contribution in [0.4, 0.5) is 8.78 Å². The quantitative estimate of drug-likeness (QED) is 0.365. The van der Waals surface area contributed by atoms with Crippen molar-refractivity contribution in [2.75, 3.05) is 0 Å². The average Bonchev–Trinajstić information content (AvgIpc) is 3.21. The van der Waals surface area contributed by atoms with Crippen LogP contribution < -0.4 is 0 Å². The molecule has 0 spiro atoms. The summed E-state index contributed by atoms with van der Waals surface area (Å²) in [5.41, 5.74) is 3.79. The lowest BCUT2D eigenvalue weighted by Crippen LogP contribution is -2.32. The maximum Gasteiger partial charge on any atom is 0.276 e. The topological polar surface area (TPSA) is 32.7 Å². The van der Waals surface area contributed by atoms with Gasteiger partial charge in [-0.15, -0.1) is 0 Å². The second kappa shape index (κ2) is 9.32. The van der Waals surface area contributed by atoms with Crippen LogP contribution in [0.5, 0.6) is 0 Å². The zero-order chi connectivity index (χ0) is 23.8. The van der Waals surface area contributed by atoms with E-state index in [1.165, 1.54) is 35.3 Å². The Hall–Kier alpha value is -3.02. The lowest BCUT2D eigenvalue weighted by molar-refractivity contribution is 0.0681. The summed E-state index contributed by atoms with van der Waals surface area (Å²) in [6, 6.07) is 16.8. The Bertz CT molecular complexity index is 1300. The highest BCUT2D eigenvalue weighted by molar-refractivity contribution is 6.36. The zero-order valence-corrected chi connectivity index (χ0v) is 19.5. The molecular formula is C27H20Cl2F2N2O. The minimum Gasteiger partial charge on any atom is -0.267 e. The molecule has 0 unspecified atom stereocenters. The van der Waals surface area contributed by atoms with E-state index in [4.69, 9.17) is 28.3 Å². The fourth-order valence-electron chi connectivity index (χ4n) is 4.71. The number of amides is 1. The molecule has 1 fully saturated rings. The first-order valence-corrected chi connectivity index (χ1v) is 11.8. The van der Waals surface area contributed by atoms with Crippen LogP contribution in [-0.2, 0) is 0 Å². The van der Waals surface area contributed by atoms with Gasteiger partial charge in [-0.3, -0.25) is 4.79 Å². The SMILES string of the molecule is O=C(c1ccc(Cl)cc1Cl)N1N=C2/C(=C/c3ccc(F)cc3)CCC[C@H]2[C@H]1c1ccc(F)cc1. The molecule has 1 amide bonds. The maximum atomic E-state index is 13.7. The van der Waals surface area contributed by atoms with E-state index in [2.05, 4.69) is 0 Å². The van der Waals surface area contributed by atoms with Gasteiger partial charge in [-0.2, -0.15) is 5.10 Å². The van der Waals surface area contributed by atoms with E-state index >= 15 is 0 Å². The van der Waals surface area contributed by atoms with E-state index in [0.29, 0.717) is 10.6 Å². The summed E-state index contributed by atoms with van der Waals surface area (Å²) in [4.78, 5) is 13.6. The number of hydrazone groups is 1. The Morgan fingerprint density at radius 1 is 0.971 bits per heavy atom. The Balaban J connectivity index is 1.59. The minimum absolute atomic E-state index is 0.0547. The molecule has 1 heterocycles. The van der Waals surface area contributed by atoms with Gasteiger partial charge in [0.05, 0.1) is 22.3 Å². The molecule has 3 nitrogen and oxygen atoms in total. The van der Waals surface area contributed by atoms with Crippen molar-refractivity contribution in [1.82, 2.24) is 5.01 Å². The third-order valence-corrected chi connectivity index (χ3v) is 6.84. The Kier molecular flexibility index (Phi) is 6.24. The third kappa shape index (κ3) is 4.38. The zero-order valence-electron chi connectivity index (χ0n) is 18.0. The van der Waals surface area contributed by atoms with E-state index < -0.39 is 6.04 Å². The molecule has 1 saturated carbocycles. The third-order valence-electron chi connectivity index (χ3n) is 6.29. The molecule has 1 aliphatic heterocycles.